The first-order valence-electron chi connectivity index (χ1n) is 9.64. The normalized spacial score (nSPS) is 30.4. The lowest BCUT2D eigenvalue weighted by atomic mass is 9.71. The van der Waals surface area contributed by atoms with E-state index in [1.165, 1.54) is 5.56 Å². The summed E-state index contributed by atoms with van der Waals surface area (Å²) in [7, 11) is 0. The van der Waals surface area contributed by atoms with Crippen molar-refractivity contribution in [2.24, 2.45) is 5.41 Å². The van der Waals surface area contributed by atoms with E-state index in [2.05, 4.69) is 26.2 Å². The van der Waals surface area contributed by atoms with E-state index in [0.29, 0.717) is 19.5 Å². The standard InChI is InChI=1S/C19H28N4O3/c24-16-4-7-23(14-19(16)5-1-6-20-18(19)25)17-3-2-15(12-21-17)13-22-8-10-26-11-9-22/h2-3,12,16,24H,1,4-11,13-14H2,(H,20,25)/t16-,19+/m0/s1. The summed E-state index contributed by atoms with van der Waals surface area (Å²) >= 11 is 0. The summed E-state index contributed by atoms with van der Waals surface area (Å²) in [4.78, 5) is 21.7. The molecule has 2 atom stereocenters. The van der Waals surface area contributed by atoms with Crippen LogP contribution < -0.4 is 10.2 Å². The van der Waals surface area contributed by atoms with Gasteiger partial charge in [-0.05, 0) is 30.9 Å². The van der Waals surface area contributed by atoms with E-state index in [0.717, 1.165) is 58.1 Å². The molecule has 3 saturated heterocycles. The number of rotatable bonds is 3. The molecule has 1 spiro atoms. The summed E-state index contributed by atoms with van der Waals surface area (Å²) in [5, 5.41) is 13.5. The van der Waals surface area contributed by atoms with Crippen LogP contribution in [0, 0.1) is 5.41 Å². The van der Waals surface area contributed by atoms with Crippen molar-refractivity contribution in [3.63, 3.8) is 0 Å². The first kappa shape index (κ1) is 17.7. The number of ether oxygens (including phenoxy) is 1. The maximum Gasteiger partial charge on any atom is 0.230 e. The summed E-state index contributed by atoms with van der Waals surface area (Å²) in [6, 6.07) is 4.17. The Hall–Kier alpha value is -1.70. The molecule has 0 saturated carbocycles. The summed E-state index contributed by atoms with van der Waals surface area (Å²) in [5.41, 5.74) is 0.503. The van der Waals surface area contributed by atoms with Gasteiger partial charge >= 0.3 is 0 Å². The molecular formula is C19H28N4O3. The molecule has 1 aromatic heterocycles. The highest BCUT2D eigenvalue weighted by Crippen LogP contribution is 2.38. The Bertz CT molecular complexity index is 632. The van der Waals surface area contributed by atoms with Gasteiger partial charge in [0.25, 0.3) is 0 Å². The van der Waals surface area contributed by atoms with Crippen LogP contribution in [0.15, 0.2) is 18.3 Å². The average molecular weight is 360 g/mol. The fraction of sp³-hybridized carbons (Fsp3) is 0.684. The third-order valence-corrected chi connectivity index (χ3v) is 5.96. The summed E-state index contributed by atoms with van der Waals surface area (Å²) in [5.74, 6) is 0.880. The van der Waals surface area contributed by atoms with E-state index in [-0.39, 0.29) is 5.91 Å². The average Bonchev–Trinajstić information content (AvgIpc) is 2.68. The number of amides is 1. The third-order valence-electron chi connectivity index (χ3n) is 5.96. The van der Waals surface area contributed by atoms with E-state index in [4.69, 9.17) is 4.74 Å². The van der Waals surface area contributed by atoms with Crippen LogP contribution in [0.5, 0.6) is 0 Å². The van der Waals surface area contributed by atoms with Gasteiger partial charge in [-0.15, -0.1) is 0 Å². The topological polar surface area (TPSA) is 77.9 Å². The molecule has 0 bridgehead atoms. The fourth-order valence-electron chi connectivity index (χ4n) is 4.35. The van der Waals surface area contributed by atoms with Gasteiger partial charge in [0.2, 0.25) is 5.91 Å². The Balaban J connectivity index is 1.44. The van der Waals surface area contributed by atoms with Crippen LogP contribution in [0.4, 0.5) is 5.82 Å². The molecule has 26 heavy (non-hydrogen) atoms. The number of aliphatic hydroxyl groups is 1. The van der Waals surface area contributed by atoms with Crippen LogP contribution >= 0.6 is 0 Å². The van der Waals surface area contributed by atoms with Crippen molar-refractivity contribution in [3.05, 3.63) is 23.9 Å². The minimum absolute atomic E-state index is 0.00936. The Morgan fingerprint density at radius 2 is 2.15 bits per heavy atom. The van der Waals surface area contributed by atoms with Gasteiger partial charge in [0, 0.05) is 45.5 Å². The highest BCUT2D eigenvalue weighted by Gasteiger charge is 2.50. The molecule has 3 aliphatic heterocycles. The Morgan fingerprint density at radius 1 is 1.31 bits per heavy atom. The number of anilines is 1. The van der Waals surface area contributed by atoms with E-state index >= 15 is 0 Å². The van der Waals surface area contributed by atoms with Crippen LogP contribution in [0.1, 0.15) is 24.8 Å². The zero-order valence-corrected chi connectivity index (χ0v) is 15.2. The predicted octanol–water partition coefficient (Wildman–Crippen LogP) is 0.381. The number of pyridine rings is 1. The number of nitrogens with one attached hydrogen (secondary N) is 1. The van der Waals surface area contributed by atoms with E-state index in [1.54, 1.807) is 0 Å². The number of carbonyl (C=O) groups excluding carboxylic acids is 1. The maximum atomic E-state index is 12.5. The molecule has 142 valence electrons. The van der Waals surface area contributed by atoms with Gasteiger partial charge in [-0.3, -0.25) is 9.69 Å². The second-order valence-corrected chi connectivity index (χ2v) is 7.65. The zero-order valence-electron chi connectivity index (χ0n) is 15.2. The van der Waals surface area contributed by atoms with E-state index in [9.17, 15) is 9.90 Å². The highest BCUT2D eigenvalue weighted by atomic mass is 16.5. The molecule has 4 heterocycles. The molecule has 7 heteroatoms. The third kappa shape index (κ3) is 3.43. The van der Waals surface area contributed by atoms with Gasteiger partial charge < -0.3 is 20.1 Å². The lowest BCUT2D eigenvalue weighted by molar-refractivity contribution is -0.142. The number of piperidine rings is 2. The highest BCUT2D eigenvalue weighted by molar-refractivity contribution is 5.85. The Labute approximate surface area is 154 Å². The molecule has 0 unspecified atom stereocenters. The second kappa shape index (κ2) is 7.50. The van der Waals surface area contributed by atoms with Crippen LogP contribution in [0.3, 0.4) is 0 Å². The number of morpholine rings is 1. The summed E-state index contributed by atoms with van der Waals surface area (Å²) in [6.07, 6.45) is 3.63. The van der Waals surface area contributed by atoms with Gasteiger partial charge in [-0.2, -0.15) is 0 Å². The number of carbonyl (C=O) groups is 1. The monoisotopic (exact) mass is 360 g/mol. The van der Waals surface area contributed by atoms with Gasteiger partial charge in [-0.25, -0.2) is 4.98 Å². The summed E-state index contributed by atoms with van der Waals surface area (Å²) in [6.45, 7) is 6.38. The minimum atomic E-state index is -0.690. The number of aromatic nitrogens is 1. The van der Waals surface area contributed by atoms with Crippen molar-refractivity contribution in [1.82, 2.24) is 15.2 Å². The molecule has 1 amide bonds. The predicted molar refractivity (Wildman–Crippen MR) is 97.8 cm³/mol. The van der Waals surface area contributed by atoms with Gasteiger partial charge in [-0.1, -0.05) is 6.07 Å². The molecule has 4 rings (SSSR count). The van der Waals surface area contributed by atoms with Crippen molar-refractivity contribution in [2.45, 2.75) is 31.9 Å². The summed E-state index contributed by atoms with van der Waals surface area (Å²) < 4.78 is 5.39. The van der Waals surface area contributed by atoms with Crippen LogP contribution in [-0.4, -0.2) is 72.9 Å². The first-order valence-corrected chi connectivity index (χ1v) is 9.64. The van der Waals surface area contributed by atoms with Crippen molar-refractivity contribution < 1.29 is 14.6 Å². The zero-order chi connectivity index (χ0) is 18.0. The molecule has 0 radical (unpaired) electrons. The SMILES string of the molecule is O=C1NCCC[C@]12CN(c1ccc(CN3CCOCC3)cn1)CC[C@@H]2O. The quantitative estimate of drug-likeness (QED) is 0.812. The van der Waals surface area contributed by atoms with Crippen LogP contribution in [0.25, 0.3) is 0 Å². The Morgan fingerprint density at radius 3 is 2.88 bits per heavy atom. The largest absolute Gasteiger partial charge is 0.392 e. The lowest BCUT2D eigenvalue weighted by Gasteiger charge is -2.47. The molecule has 3 aliphatic rings. The van der Waals surface area contributed by atoms with Crippen LogP contribution in [0.2, 0.25) is 0 Å². The molecule has 2 N–H and O–H groups in total. The first-order chi connectivity index (χ1) is 12.7. The number of hydrogen-bond donors (Lipinski definition) is 2. The van der Waals surface area contributed by atoms with Crippen molar-refractivity contribution in [1.29, 1.82) is 0 Å². The molecular weight excluding hydrogens is 332 g/mol. The van der Waals surface area contributed by atoms with Gasteiger partial charge in [0.05, 0.1) is 24.7 Å². The van der Waals surface area contributed by atoms with Crippen molar-refractivity contribution in [3.8, 4) is 0 Å². The Kier molecular flexibility index (Phi) is 5.11. The molecule has 0 aliphatic carbocycles. The smallest absolute Gasteiger partial charge is 0.230 e. The molecule has 7 nitrogen and oxygen atoms in total. The molecule has 1 aromatic rings. The lowest BCUT2D eigenvalue weighted by Crippen LogP contribution is -2.61. The van der Waals surface area contributed by atoms with Crippen LogP contribution in [-0.2, 0) is 16.1 Å². The van der Waals surface area contributed by atoms with Gasteiger partial charge in [0.15, 0.2) is 0 Å². The van der Waals surface area contributed by atoms with Crippen molar-refractivity contribution >= 4 is 11.7 Å². The minimum Gasteiger partial charge on any atom is -0.392 e. The van der Waals surface area contributed by atoms with Crippen molar-refractivity contribution in [2.75, 3.05) is 50.8 Å². The van der Waals surface area contributed by atoms with Gasteiger partial charge in [0.1, 0.15) is 5.82 Å². The van der Waals surface area contributed by atoms with E-state index < -0.39 is 11.5 Å². The number of nitrogens with zero attached hydrogens (tertiary/aromatic N) is 3. The second-order valence-electron chi connectivity index (χ2n) is 7.65. The molecule has 3 fully saturated rings. The number of hydrogen-bond acceptors (Lipinski definition) is 6. The number of aliphatic hydroxyl groups excluding tert-OH is 1. The molecule has 0 aromatic carbocycles. The maximum absolute atomic E-state index is 12.5. The fourth-order valence-corrected chi connectivity index (χ4v) is 4.35. The van der Waals surface area contributed by atoms with E-state index in [1.807, 2.05) is 12.3 Å².